The number of carbonyl (C=O) groups excluding carboxylic acids is 2. The highest BCUT2D eigenvalue weighted by molar-refractivity contribution is 9.10. The normalized spacial score (nSPS) is 13.0. The van der Waals surface area contributed by atoms with Crippen molar-refractivity contribution < 1.29 is 18.7 Å². The maximum Gasteiger partial charge on any atom is 0.291 e. The van der Waals surface area contributed by atoms with Gasteiger partial charge >= 0.3 is 0 Å². The number of carbonyl (C=O) groups is 2. The van der Waals surface area contributed by atoms with Crippen molar-refractivity contribution in [1.82, 2.24) is 4.90 Å². The third kappa shape index (κ3) is 4.74. The van der Waals surface area contributed by atoms with E-state index in [0.717, 1.165) is 24.2 Å². The van der Waals surface area contributed by atoms with E-state index in [1.807, 2.05) is 29.2 Å². The van der Waals surface area contributed by atoms with Gasteiger partial charge in [-0.05, 0) is 76.8 Å². The molecule has 30 heavy (non-hydrogen) atoms. The monoisotopic (exact) mass is 468 g/mol. The summed E-state index contributed by atoms with van der Waals surface area (Å²) < 4.78 is 11.0. The van der Waals surface area contributed by atoms with Crippen LogP contribution in [-0.4, -0.2) is 29.9 Å². The van der Waals surface area contributed by atoms with Crippen molar-refractivity contribution in [2.45, 2.75) is 25.4 Å². The SMILES string of the molecule is COc1ccc(CN(C(=O)c2cccc(NC(=O)c3ccc(Br)o3)c2)C2CC2)cc1. The molecule has 2 aromatic carbocycles. The van der Waals surface area contributed by atoms with E-state index < -0.39 is 0 Å². The van der Waals surface area contributed by atoms with Crippen molar-refractivity contribution in [1.29, 1.82) is 0 Å². The van der Waals surface area contributed by atoms with Crippen LogP contribution in [-0.2, 0) is 6.54 Å². The van der Waals surface area contributed by atoms with Gasteiger partial charge in [-0.1, -0.05) is 18.2 Å². The third-order valence-corrected chi connectivity index (χ3v) is 5.35. The molecular formula is C23H21BrN2O4. The van der Waals surface area contributed by atoms with Gasteiger partial charge < -0.3 is 19.4 Å². The van der Waals surface area contributed by atoms with Gasteiger partial charge in [0.05, 0.1) is 7.11 Å². The highest BCUT2D eigenvalue weighted by atomic mass is 79.9. The fourth-order valence-corrected chi connectivity index (χ4v) is 3.51. The molecule has 154 valence electrons. The Morgan fingerprint density at radius 3 is 2.53 bits per heavy atom. The standard InChI is InChI=1S/C23H21BrN2O4/c1-29-19-9-5-15(6-10-19)14-26(18-7-8-18)23(28)16-3-2-4-17(13-16)25-22(27)20-11-12-21(24)30-20/h2-6,9-13,18H,7-8,14H2,1H3,(H,25,27). The predicted molar refractivity (Wildman–Crippen MR) is 117 cm³/mol. The van der Waals surface area contributed by atoms with Crippen LogP contribution in [0.4, 0.5) is 5.69 Å². The van der Waals surface area contributed by atoms with E-state index in [1.54, 1.807) is 43.5 Å². The fourth-order valence-electron chi connectivity index (χ4n) is 3.21. The van der Waals surface area contributed by atoms with E-state index in [4.69, 9.17) is 9.15 Å². The highest BCUT2D eigenvalue weighted by Crippen LogP contribution is 2.30. The van der Waals surface area contributed by atoms with Crippen molar-refractivity contribution in [2.75, 3.05) is 12.4 Å². The average Bonchev–Trinajstić information content (AvgIpc) is 3.51. The number of halogens is 1. The summed E-state index contributed by atoms with van der Waals surface area (Å²) in [7, 11) is 1.63. The first-order valence-corrected chi connectivity index (χ1v) is 10.4. The number of nitrogens with zero attached hydrogens (tertiary/aromatic N) is 1. The smallest absolute Gasteiger partial charge is 0.291 e. The van der Waals surface area contributed by atoms with Crippen LogP contribution in [0.25, 0.3) is 0 Å². The zero-order valence-electron chi connectivity index (χ0n) is 16.4. The lowest BCUT2D eigenvalue weighted by Crippen LogP contribution is -2.32. The van der Waals surface area contributed by atoms with Gasteiger partial charge in [0.15, 0.2) is 10.4 Å². The van der Waals surface area contributed by atoms with E-state index in [2.05, 4.69) is 21.2 Å². The summed E-state index contributed by atoms with van der Waals surface area (Å²) in [5, 5.41) is 2.77. The van der Waals surface area contributed by atoms with Crippen molar-refractivity contribution in [2.24, 2.45) is 0 Å². The molecule has 0 spiro atoms. The lowest BCUT2D eigenvalue weighted by Gasteiger charge is -2.23. The predicted octanol–water partition coefficient (Wildman–Crippen LogP) is 5.11. The van der Waals surface area contributed by atoms with Gasteiger partial charge in [-0.2, -0.15) is 0 Å². The topological polar surface area (TPSA) is 71.8 Å². The quantitative estimate of drug-likeness (QED) is 0.522. The summed E-state index contributed by atoms with van der Waals surface area (Å²) in [6.45, 7) is 0.532. The lowest BCUT2D eigenvalue weighted by molar-refractivity contribution is 0.0729. The second-order valence-electron chi connectivity index (χ2n) is 7.15. The minimum atomic E-state index is -0.373. The first-order chi connectivity index (χ1) is 14.5. The van der Waals surface area contributed by atoms with Crippen molar-refractivity contribution in [3.8, 4) is 5.75 Å². The molecule has 6 nitrogen and oxygen atoms in total. The number of benzene rings is 2. The van der Waals surface area contributed by atoms with Gasteiger partial charge in [-0.3, -0.25) is 9.59 Å². The van der Waals surface area contributed by atoms with Crippen LogP contribution in [0.5, 0.6) is 5.75 Å². The molecule has 0 aliphatic heterocycles. The molecule has 1 N–H and O–H groups in total. The Kier molecular flexibility index (Phi) is 5.90. The molecule has 0 bridgehead atoms. The largest absolute Gasteiger partial charge is 0.497 e. The molecule has 1 saturated carbocycles. The summed E-state index contributed by atoms with van der Waals surface area (Å²) in [5.41, 5.74) is 2.12. The Bertz CT molecular complexity index is 1060. The number of amides is 2. The second-order valence-corrected chi connectivity index (χ2v) is 7.93. The van der Waals surface area contributed by atoms with E-state index in [-0.39, 0.29) is 23.6 Å². The molecular weight excluding hydrogens is 448 g/mol. The fraction of sp³-hybridized carbons (Fsp3) is 0.217. The van der Waals surface area contributed by atoms with Crippen LogP contribution in [0.3, 0.4) is 0 Å². The van der Waals surface area contributed by atoms with Crippen LogP contribution in [0.1, 0.15) is 39.3 Å². The van der Waals surface area contributed by atoms with Gasteiger partial charge in [-0.15, -0.1) is 0 Å². The zero-order valence-corrected chi connectivity index (χ0v) is 18.0. The molecule has 1 heterocycles. The van der Waals surface area contributed by atoms with E-state index in [9.17, 15) is 9.59 Å². The Balaban J connectivity index is 1.49. The molecule has 2 amide bonds. The van der Waals surface area contributed by atoms with Crippen LogP contribution >= 0.6 is 15.9 Å². The van der Waals surface area contributed by atoms with Gasteiger partial charge in [0, 0.05) is 23.8 Å². The molecule has 0 atom stereocenters. The number of nitrogens with one attached hydrogen (secondary N) is 1. The average molecular weight is 469 g/mol. The van der Waals surface area contributed by atoms with Gasteiger partial charge in [0.2, 0.25) is 0 Å². The Labute approximate surface area is 183 Å². The Morgan fingerprint density at radius 1 is 1.13 bits per heavy atom. The minimum Gasteiger partial charge on any atom is -0.497 e. The second kappa shape index (κ2) is 8.75. The minimum absolute atomic E-state index is 0.0508. The summed E-state index contributed by atoms with van der Waals surface area (Å²) >= 11 is 3.18. The maximum atomic E-state index is 13.2. The third-order valence-electron chi connectivity index (χ3n) is 4.92. The number of methoxy groups -OCH3 is 1. The summed E-state index contributed by atoms with van der Waals surface area (Å²) in [6.07, 6.45) is 2.01. The number of ether oxygens (including phenoxy) is 1. The lowest BCUT2D eigenvalue weighted by atomic mass is 10.1. The molecule has 3 aromatic rings. The number of anilines is 1. The van der Waals surface area contributed by atoms with Crippen LogP contribution in [0, 0.1) is 0 Å². The van der Waals surface area contributed by atoms with Crippen molar-refractivity contribution in [3.63, 3.8) is 0 Å². The molecule has 1 fully saturated rings. The van der Waals surface area contributed by atoms with E-state index in [1.165, 1.54) is 0 Å². The first-order valence-electron chi connectivity index (χ1n) is 9.64. The maximum absolute atomic E-state index is 13.2. The van der Waals surface area contributed by atoms with Crippen LogP contribution < -0.4 is 10.1 Å². The van der Waals surface area contributed by atoms with Crippen LogP contribution in [0.15, 0.2) is 69.8 Å². The van der Waals surface area contributed by atoms with E-state index in [0.29, 0.717) is 22.5 Å². The number of rotatable bonds is 7. The Morgan fingerprint density at radius 2 is 1.90 bits per heavy atom. The molecule has 1 aromatic heterocycles. The van der Waals surface area contributed by atoms with Crippen molar-refractivity contribution >= 4 is 33.4 Å². The molecule has 7 heteroatoms. The molecule has 0 radical (unpaired) electrons. The van der Waals surface area contributed by atoms with Gasteiger partial charge in [0.1, 0.15) is 5.75 Å². The molecule has 1 aliphatic carbocycles. The molecule has 4 rings (SSSR count). The molecule has 0 saturated heterocycles. The molecule has 0 unspecified atom stereocenters. The van der Waals surface area contributed by atoms with Crippen molar-refractivity contribution in [3.05, 3.63) is 82.2 Å². The number of hydrogen-bond donors (Lipinski definition) is 1. The number of furan rings is 1. The molecule has 1 aliphatic rings. The Hall–Kier alpha value is -3.06. The summed E-state index contributed by atoms with van der Waals surface area (Å²) in [4.78, 5) is 27.4. The summed E-state index contributed by atoms with van der Waals surface area (Å²) in [5.74, 6) is 0.556. The first kappa shape index (κ1) is 20.2. The highest BCUT2D eigenvalue weighted by Gasteiger charge is 2.33. The number of hydrogen-bond acceptors (Lipinski definition) is 4. The summed E-state index contributed by atoms with van der Waals surface area (Å²) in [6, 6.07) is 18.2. The van der Waals surface area contributed by atoms with Gasteiger partial charge in [0.25, 0.3) is 11.8 Å². The van der Waals surface area contributed by atoms with Crippen LogP contribution in [0.2, 0.25) is 0 Å². The zero-order chi connectivity index (χ0) is 21.1. The van der Waals surface area contributed by atoms with E-state index >= 15 is 0 Å². The van der Waals surface area contributed by atoms with Gasteiger partial charge in [-0.25, -0.2) is 0 Å².